The van der Waals surface area contributed by atoms with Gasteiger partial charge in [-0.1, -0.05) is 42.8 Å². The van der Waals surface area contributed by atoms with Crippen LogP contribution in [0.2, 0.25) is 0 Å². The fourth-order valence-corrected chi connectivity index (χ4v) is 2.15. The van der Waals surface area contributed by atoms with Crippen LogP contribution in [0.1, 0.15) is 23.6 Å². The van der Waals surface area contributed by atoms with Crippen molar-refractivity contribution in [1.29, 1.82) is 0 Å². The van der Waals surface area contributed by atoms with Gasteiger partial charge in [-0.25, -0.2) is 0 Å². The molecule has 2 aromatic carbocycles. The van der Waals surface area contributed by atoms with Crippen LogP contribution in [-0.4, -0.2) is 0 Å². The minimum atomic E-state index is 0.632. The van der Waals surface area contributed by atoms with E-state index < -0.39 is 0 Å². The van der Waals surface area contributed by atoms with Crippen molar-refractivity contribution in [3.8, 4) is 0 Å². The van der Waals surface area contributed by atoms with Crippen LogP contribution in [-0.2, 0) is 13.0 Å². The van der Waals surface area contributed by atoms with Crippen LogP contribution < -0.4 is 5.73 Å². The van der Waals surface area contributed by atoms with E-state index in [1.165, 1.54) is 27.5 Å². The van der Waals surface area contributed by atoms with E-state index in [4.69, 9.17) is 5.73 Å². The van der Waals surface area contributed by atoms with E-state index >= 15 is 0 Å². The second kappa shape index (κ2) is 4.03. The summed E-state index contributed by atoms with van der Waals surface area (Å²) in [6.07, 6.45) is 1.05. The Morgan fingerprint density at radius 2 is 1.87 bits per heavy atom. The molecule has 0 unspecified atom stereocenters. The van der Waals surface area contributed by atoms with Gasteiger partial charge in [0.15, 0.2) is 0 Å². The topological polar surface area (TPSA) is 26.0 Å². The van der Waals surface area contributed by atoms with Crippen LogP contribution in [0.4, 0.5) is 0 Å². The van der Waals surface area contributed by atoms with Crippen molar-refractivity contribution >= 4 is 10.8 Å². The minimum Gasteiger partial charge on any atom is -0.326 e. The molecule has 0 aliphatic heterocycles. The summed E-state index contributed by atoms with van der Waals surface area (Å²) in [6.45, 7) is 4.96. The van der Waals surface area contributed by atoms with E-state index in [0.717, 1.165) is 6.42 Å². The summed E-state index contributed by atoms with van der Waals surface area (Å²) in [5.41, 5.74) is 9.74. The number of fused-ring (bicyclic) bond motifs is 1. The molecule has 0 atom stereocenters. The van der Waals surface area contributed by atoms with Crippen LogP contribution >= 0.6 is 0 Å². The second-order valence-electron chi connectivity index (χ2n) is 3.99. The molecule has 0 bridgehead atoms. The third-order valence-corrected chi connectivity index (χ3v) is 2.96. The maximum atomic E-state index is 5.76. The Morgan fingerprint density at radius 3 is 2.53 bits per heavy atom. The van der Waals surface area contributed by atoms with Crippen LogP contribution in [0.5, 0.6) is 0 Å². The van der Waals surface area contributed by atoms with Gasteiger partial charge in [-0.15, -0.1) is 0 Å². The Hall–Kier alpha value is -1.34. The Balaban J connectivity index is 2.79. The number of benzene rings is 2. The molecule has 0 amide bonds. The summed E-state index contributed by atoms with van der Waals surface area (Å²) in [5.74, 6) is 0. The molecule has 2 N–H and O–H groups in total. The first-order chi connectivity index (χ1) is 7.26. The molecule has 1 heteroatoms. The van der Waals surface area contributed by atoms with Crippen molar-refractivity contribution in [1.82, 2.24) is 0 Å². The van der Waals surface area contributed by atoms with E-state index in [1.54, 1.807) is 0 Å². The first-order valence-electron chi connectivity index (χ1n) is 5.47. The standard InChI is InChI=1S/C14H17N/c1-3-13-12(9-15)7-6-11-5-4-10(2)8-14(11)13/h4-8H,3,9,15H2,1-2H3. The predicted molar refractivity (Wildman–Crippen MR) is 66.0 cm³/mol. The van der Waals surface area contributed by atoms with Crippen molar-refractivity contribution in [2.75, 3.05) is 0 Å². The van der Waals surface area contributed by atoms with E-state index in [9.17, 15) is 0 Å². The highest BCUT2D eigenvalue weighted by atomic mass is 14.5. The molecule has 0 saturated carbocycles. The molecule has 0 radical (unpaired) electrons. The van der Waals surface area contributed by atoms with Crippen molar-refractivity contribution in [2.24, 2.45) is 5.73 Å². The zero-order chi connectivity index (χ0) is 10.8. The molecule has 2 rings (SSSR count). The first-order valence-corrected chi connectivity index (χ1v) is 5.47. The minimum absolute atomic E-state index is 0.632. The third kappa shape index (κ3) is 1.75. The highest BCUT2D eigenvalue weighted by molar-refractivity contribution is 5.87. The van der Waals surface area contributed by atoms with E-state index in [0.29, 0.717) is 6.54 Å². The molecule has 2 aromatic rings. The fourth-order valence-electron chi connectivity index (χ4n) is 2.15. The molecular weight excluding hydrogens is 182 g/mol. The highest BCUT2D eigenvalue weighted by Gasteiger charge is 2.04. The summed E-state index contributed by atoms with van der Waals surface area (Å²) < 4.78 is 0. The van der Waals surface area contributed by atoms with Crippen LogP contribution in [0.3, 0.4) is 0 Å². The summed E-state index contributed by atoms with van der Waals surface area (Å²) in [4.78, 5) is 0. The Kier molecular flexibility index (Phi) is 2.74. The van der Waals surface area contributed by atoms with Gasteiger partial charge in [0.2, 0.25) is 0 Å². The SMILES string of the molecule is CCc1c(CN)ccc2ccc(C)cc12. The van der Waals surface area contributed by atoms with Gasteiger partial charge >= 0.3 is 0 Å². The van der Waals surface area contributed by atoms with Gasteiger partial charge in [-0.2, -0.15) is 0 Å². The van der Waals surface area contributed by atoms with Gasteiger partial charge in [0.25, 0.3) is 0 Å². The number of nitrogens with two attached hydrogens (primary N) is 1. The number of aryl methyl sites for hydroxylation is 2. The second-order valence-corrected chi connectivity index (χ2v) is 3.99. The van der Waals surface area contributed by atoms with E-state index in [-0.39, 0.29) is 0 Å². The van der Waals surface area contributed by atoms with Crippen LogP contribution in [0.15, 0.2) is 30.3 Å². The Labute approximate surface area is 90.9 Å². The lowest BCUT2D eigenvalue weighted by Crippen LogP contribution is -2.01. The maximum Gasteiger partial charge on any atom is 0.0181 e. The predicted octanol–water partition coefficient (Wildman–Crippen LogP) is 3.17. The van der Waals surface area contributed by atoms with Crippen LogP contribution in [0, 0.1) is 6.92 Å². The third-order valence-electron chi connectivity index (χ3n) is 2.96. The Morgan fingerprint density at radius 1 is 1.13 bits per heavy atom. The van der Waals surface area contributed by atoms with Gasteiger partial charge in [-0.05, 0) is 35.2 Å². The lowest BCUT2D eigenvalue weighted by atomic mass is 9.96. The number of hydrogen-bond acceptors (Lipinski definition) is 1. The molecular formula is C14H17N. The molecule has 0 aromatic heterocycles. The molecule has 0 aliphatic carbocycles. The quantitative estimate of drug-likeness (QED) is 0.790. The highest BCUT2D eigenvalue weighted by Crippen LogP contribution is 2.24. The number of hydrogen-bond donors (Lipinski definition) is 1. The average molecular weight is 199 g/mol. The number of rotatable bonds is 2. The lowest BCUT2D eigenvalue weighted by Gasteiger charge is -2.10. The largest absolute Gasteiger partial charge is 0.326 e. The van der Waals surface area contributed by atoms with Gasteiger partial charge in [0.05, 0.1) is 0 Å². The van der Waals surface area contributed by atoms with Gasteiger partial charge < -0.3 is 5.73 Å². The molecule has 0 heterocycles. The van der Waals surface area contributed by atoms with Gasteiger partial charge in [-0.3, -0.25) is 0 Å². The van der Waals surface area contributed by atoms with E-state index in [2.05, 4.69) is 44.2 Å². The van der Waals surface area contributed by atoms with Crippen molar-refractivity contribution in [2.45, 2.75) is 26.8 Å². The lowest BCUT2D eigenvalue weighted by molar-refractivity contribution is 1.01. The molecule has 0 fully saturated rings. The first kappa shape index (κ1) is 10.2. The molecule has 0 spiro atoms. The van der Waals surface area contributed by atoms with Gasteiger partial charge in [0, 0.05) is 6.54 Å². The molecule has 0 saturated heterocycles. The van der Waals surface area contributed by atoms with Gasteiger partial charge in [0.1, 0.15) is 0 Å². The smallest absolute Gasteiger partial charge is 0.0181 e. The monoisotopic (exact) mass is 199 g/mol. The normalized spacial score (nSPS) is 10.9. The van der Waals surface area contributed by atoms with Crippen LogP contribution in [0.25, 0.3) is 10.8 Å². The fraction of sp³-hybridized carbons (Fsp3) is 0.286. The summed E-state index contributed by atoms with van der Waals surface area (Å²) in [6, 6.07) is 10.9. The molecule has 0 aliphatic rings. The van der Waals surface area contributed by atoms with E-state index in [1.807, 2.05) is 0 Å². The summed E-state index contributed by atoms with van der Waals surface area (Å²) in [5, 5.41) is 2.68. The summed E-state index contributed by atoms with van der Waals surface area (Å²) in [7, 11) is 0. The molecule has 15 heavy (non-hydrogen) atoms. The van der Waals surface area contributed by atoms with Crippen molar-refractivity contribution in [3.63, 3.8) is 0 Å². The van der Waals surface area contributed by atoms with Crippen molar-refractivity contribution < 1.29 is 0 Å². The molecule has 1 nitrogen and oxygen atoms in total. The average Bonchev–Trinajstić information content (AvgIpc) is 2.27. The zero-order valence-corrected chi connectivity index (χ0v) is 9.38. The zero-order valence-electron chi connectivity index (χ0n) is 9.38. The Bertz CT molecular complexity index is 486. The molecule has 78 valence electrons. The maximum absolute atomic E-state index is 5.76. The summed E-state index contributed by atoms with van der Waals surface area (Å²) >= 11 is 0. The van der Waals surface area contributed by atoms with Crippen molar-refractivity contribution in [3.05, 3.63) is 47.0 Å².